The predicted molar refractivity (Wildman–Crippen MR) is 98.0 cm³/mol. The Balaban J connectivity index is 0.00000156. The summed E-state index contributed by atoms with van der Waals surface area (Å²) in [5, 5.41) is 5.01. The molecule has 1 aliphatic heterocycles. The third-order valence-electron chi connectivity index (χ3n) is 5.09. The van der Waals surface area contributed by atoms with Crippen LogP contribution in [-0.2, 0) is 6.54 Å². The summed E-state index contributed by atoms with van der Waals surface area (Å²) < 4.78 is 0. The first-order valence-electron chi connectivity index (χ1n) is 8.67. The first kappa shape index (κ1) is 16.7. The average molecular weight is 332 g/mol. The van der Waals surface area contributed by atoms with E-state index < -0.39 is 0 Å². The van der Waals surface area contributed by atoms with Gasteiger partial charge in [0.15, 0.2) is 0 Å². The van der Waals surface area contributed by atoms with Gasteiger partial charge in [0, 0.05) is 24.2 Å². The fourth-order valence-electron chi connectivity index (χ4n) is 3.49. The fourth-order valence-corrected chi connectivity index (χ4v) is 3.49. The number of likely N-dealkylation sites (tertiary alicyclic amines) is 1. The number of pyridine rings is 1. The van der Waals surface area contributed by atoms with Crippen LogP contribution < -0.4 is 5.32 Å². The molecule has 1 aliphatic carbocycles. The van der Waals surface area contributed by atoms with Crippen LogP contribution in [0.1, 0.15) is 31.2 Å². The minimum atomic E-state index is 0. The lowest BCUT2D eigenvalue weighted by atomic mass is 10.0. The molecule has 23 heavy (non-hydrogen) atoms. The Morgan fingerprint density at radius 3 is 2.61 bits per heavy atom. The monoisotopic (exact) mass is 331 g/mol. The van der Waals surface area contributed by atoms with Crippen LogP contribution in [0.15, 0.2) is 36.5 Å². The Kier molecular flexibility index (Phi) is 5.52. The van der Waals surface area contributed by atoms with Crippen molar-refractivity contribution < 1.29 is 0 Å². The average Bonchev–Trinajstić information content (AvgIpc) is 3.39. The van der Waals surface area contributed by atoms with Gasteiger partial charge in [0.1, 0.15) is 0 Å². The van der Waals surface area contributed by atoms with E-state index in [9.17, 15) is 0 Å². The summed E-state index contributed by atoms with van der Waals surface area (Å²) in [5.41, 5.74) is 2.53. The van der Waals surface area contributed by atoms with E-state index in [0.29, 0.717) is 0 Å². The van der Waals surface area contributed by atoms with E-state index in [1.54, 1.807) is 0 Å². The third-order valence-corrected chi connectivity index (χ3v) is 5.09. The van der Waals surface area contributed by atoms with E-state index in [2.05, 4.69) is 39.5 Å². The van der Waals surface area contributed by atoms with Crippen LogP contribution in [-0.4, -0.2) is 35.6 Å². The number of nitrogens with one attached hydrogen (secondary N) is 1. The quantitative estimate of drug-likeness (QED) is 0.907. The number of benzene rings is 1. The number of piperidine rings is 1. The second-order valence-electron chi connectivity index (χ2n) is 6.89. The normalized spacial score (nSPS) is 19.7. The maximum atomic E-state index is 4.58. The van der Waals surface area contributed by atoms with Crippen LogP contribution in [0.25, 0.3) is 10.9 Å². The SMILES string of the molecule is Cl.c1cnc2c(CN3CCC(NCC4CC4)CC3)cccc2c1. The van der Waals surface area contributed by atoms with E-state index >= 15 is 0 Å². The molecule has 3 nitrogen and oxygen atoms in total. The van der Waals surface area contributed by atoms with Gasteiger partial charge in [-0.25, -0.2) is 0 Å². The summed E-state index contributed by atoms with van der Waals surface area (Å²) in [4.78, 5) is 7.16. The highest BCUT2D eigenvalue weighted by Gasteiger charge is 2.24. The molecule has 4 heteroatoms. The Labute approximate surface area is 144 Å². The predicted octanol–water partition coefficient (Wildman–Crippen LogP) is 3.62. The van der Waals surface area contributed by atoms with Gasteiger partial charge in [-0.3, -0.25) is 9.88 Å². The van der Waals surface area contributed by atoms with Crippen LogP contribution in [0.4, 0.5) is 0 Å². The lowest BCUT2D eigenvalue weighted by Crippen LogP contribution is -2.42. The van der Waals surface area contributed by atoms with E-state index in [1.165, 1.54) is 61.8 Å². The minimum Gasteiger partial charge on any atom is -0.314 e. The lowest BCUT2D eigenvalue weighted by molar-refractivity contribution is 0.190. The summed E-state index contributed by atoms with van der Waals surface area (Å²) in [6.07, 6.45) is 7.36. The van der Waals surface area contributed by atoms with Gasteiger partial charge in [-0.1, -0.05) is 24.3 Å². The van der Waals surface area contributed by atoms with Gasteiger partial charge in [0.2, 0.25) is 0 Å². The molecule has 0 bridgehead atoms. The zero-order valence-electron chi connectivity index (χ0n) is 13.6. The highest BCUT2D eigenvalue weighted by molar-refractivity contribution is 5.85. The van der Waals surface area contributed by atoms with Crippen molar-refractivity contribution in [3.8, 4) is 0 Å². The molecule has 1 saturated carbocycles. The summed E-state index contributed by atoms with van der Waals surface area (Å²) in [7, 11) is 0. The van der Waals surface area contributed by atoms with Crippen molar-refractivity contribution in [2.75, 3.05) is 19.6 Å². The van der Waals surface area contributed by atoms with Crippen LogP contribution >= 0.6 is 12.4 Å². The van der Waals surface area contributed by atoms with Crippen LogP contribution in [0.3, 0.4) is 0 Å². The number of halogens is 1. The minimum absolute atomic E-state index is 0. The second kappa shape index (κ2) is 7.61. The number of nitrogens with zero attached hydrogens (tertiary/aromatic N) is 2. The van der Waals surface area contributed by atoms with Crippen molar-refractivity contribution >= 4 is 23.3 Å². The summed E-state index contributed by atoms with van der Waals surface area (Å²) in [6.45, 7) is 4.68. The van der Waals surface area contributed by atoms with Crippen molar-refractivity contribution in [1.82, 2.24) is 15.2 Å². The lowest BCUT2D eigenvalue weighted by Gasteiger charge is -2.32. The molecule has 2 aliphatic rings. The first-order chi connectivity index (χ1) is 10.9. The van der Waals surface area contributed by atoms with Gasteiger partial charge >= 0.3 is 0 Å². The number of aromatic nitrogens is 1. The van der Waals surface area contributed by atoms with Gasteiger partial charge in [0.05, 0.1) is 5.52 Å². The van der Waals surface area contributed by atoms with Gasteiger partial charge in [0.25, 0.3) is 0 Å². The first-order valence-corrected chi connectivity index (χ1v) is 8.67. The standard InChI is InChI=1S/C19H25N3.ClH/c1-3-16-5-2-10-20-19(16)17(4-1)14-22-11-8-18(9-12-22)21-13-15-6-7-15;/h1-5,10,15,18,21H,6-9,11-14H2;1H. The summed E-state index contributed by atoms with van der Waals surface area (Å²) >= 11 is 0. The number of hydrogen-bond donors (Lipinski definition) is 1. The van der Waals surface area contributed by atoms with Crippen molar-refractivity contribution in [2.24, 2.45) is 5.92 Å². The molecule has 2 fully saturated rings. The van der Waals surface area contributed by atoms with E-state index in [0.717, 1.165) is 18.5 Å². The van der Waals surface area contributed by atoms with Crippen LogP contribution in [0.2, 0.25) is 0 Å². The molecule has 2 heterocycles. The largest absolute Gasteiger partial charge is 0.314 e. The van der Waals surface area contributed by atoms with Crippen LogP contribution in [0, 0.1) is 5.92 Å². The molecule has 0 unspecified atom stereocenters. The van der Waals surface area contributed by atoms with Gasteiger partial charge < -0.3 is 5.32 Å². The Bertz CT molecular complexity index is 628. The van der Waals surface area contributed by atoms with Gasteiger partial charge in [-0.05, 0) is 62.9 Å². The summed E-state index contributed by atoms with van der Waals surface area (Å²) in [6, 6.07) is 11.4. The maximum Gasteiger partial charge on any atom is 0.0746 e. The number of para-hydroxylation sites is 1. The molecule has 1 N–H and O–H groups in total. The number of rotatable bonds is 5. The molecule has 0 spiro atoms. The van der Waals surface area contributed by atoms with Crippen molar-refractivity contribution in [3.05, 3.63) is 42.1 Å². The molecular formula is C19H26ClN3. The summed E-state index contributed by atoms with van der Waals surface area (Å²) in [5.74, 6) is 0.986. The molecule has 2 aromatic rings. The van der Waals surface area contributed by atoms with E-state index in [-0.39, 0.29) is 12.4 Å². The van der Waals surface area contributed by atoms with Crippen molar-refractivity contribution in [1.29, 1.82) is 0 Å². The van der Waals surface area contributed by atoms with Crippen molar-refractivity contribution in [2.45, 2.75) is 38.3 Å². The van der Waals surface area contributed by atoms with Gasteiger partial charge in [-0.2, -0.15) is 0 Å². The molecule has 0 amide bonds. The topological polar surface area (TPSA) is 28.2 Å². The number of hydrogen-bond acceptors (Lipinski definition) is 3. The molecule has 0 atom stereocenters. The van der Waals surface area contributed by atoms with Gasteiger partial charge in [-0.15, -0.1) is 12.4 Å². The van der Waals surface area contributed by atoms with Crippen LogP contribution in [0.5, 0.6) is 0 Å². The highest BCUT2D eigenvalue weighted by atomic mass is 35.5. The zero-order chi connectivity index (χ0) is 14.8. The molecule has 1 aromatic carbocycles. The maximum absolute atomic E-state index is 4.58. The van der Waals surface area contributed by atoms with E-state index in [4.69, 9.17) is 0 Å². The molecule has 4 rings (SSSR count). The highest BCUT2D eigenvalue weighted by Crippen LogP contribution is 2.28. The third kappa shape index (κ3) is 4.23. The molecular weight excluding hydrogens is 306 g/mol. The molecule has 124 valence electrons. The fraction of sp³-hybridized carbons (Fsp3) is 0.526. The second-order valence-corrected chi connectivity index (χ2v) is 6.89. The van der Waals surface area contributed by atoms with Crippen molar-refractivity contribution in [3.63, 3.8) is 0 Å². The molecule has 1 saturated heterocycles. The Morgan fingerprint density at radius 2 is 1.83 bits per heavy atom. The Morgan fingerprint density at radius 1 is 1.04 bits per heavy atom. The zero-order valence-corrected chi connectivity index (χ0v) is 14.4. The van der Waals surface area contributed by atoms with E-state index in [1.807, 2.05) is 12.3 Å². The number of fused-ring (bicyclic) bond motifs is 1. The molecule has 1 aromatic heterocycles. The smallest absolute Gasteiger partial charge is 0.0746 e. The Hall–Kier alpha value is -1.16. The molecule has 0 radical (unpaired) electrons.